The molecule has 0 radical (unpaired) electrons. The monoisotopic (exact) mass is 252 g/mol. The van der Waals surface area contributed by atoms with Crippen LogP contribution in [0.4, 0.5) is 0 Å². The molecule has 0 spiro atoms. The van der Waals surface area contributed by atoms with Gasteiger partial charge in [-0.25, -0.2) is 13.2 Å². The molecule has 1 aromatic carbocycles. The lowest BCUT2D eigenvalue weighted by Crippen LogP contribution is -2.28. The van der Waals surface area contributed by atoms with Crippen LogP contribution in [0.5, 0.6) is 0 Å². The minimum atomic E-state index is -2.92. The van der Waals surface area contributed by atoms with Crippen LogP contribution in [0, 0.1) is 0 Å². The first-order chi connectivity index (χ1) is 8.05. The summed E-state index contributed by atoms with van der Waals surface area (Å²) in [5.41, 5.74) is 1.52. The topological polar surface area (TPSA) is 60.4 Å². The highest BCUT2D eigenvalue weighted by molar-refractivity contribution is 7.93. The summed E-state index contributed by atoms with van der Waals surface area (Å²) in [7, 11) is -2.92. The quantitative estimate of drug-likeness (QED) is 0.596. The molecule has 1 aliphatic heterocycles. The van der Waals surface area contributed by atoms with Crippen molar-refractivity contribution in [3.63, 3.8) is 0 Å². The second-order valence-corrected chi connectivity index (χ2v) is 5.99. The number of rotatable bonds is 3. The Hall–Kier alpha value is -1.62. The molecule has 0 saturated carbocycles. The normalized spacial score (nSPS) is 17.1. The molecule has 0 aromatic heterocycles. The van der Waals surface area contributed by atoms with Crippen LogP contribution in [-0.4, -0.2) is 25.9 Å². The second kappa shape index (κ2) is 4.71. The minimum Gasteiger partial charge on any atom is -0.458 e. The number of sulfone groups is 1. The molecule has 5 heteroatoms. The van der Waals surface area contributed by atoms with Crippen LogP contribution in [0.3, 0.4) is 0 Å². The summed E-state index contributed by atoms with van der Waals surface area (Å²) in [6.45, 7) is 0.205. The van der Waals surface area contributed by atoms with Crippen LogP contribution in [0.1, 0.15) is 5.56 Å². The van der Waals surface area contributed by atoms with Gasteiger partial charge in [-0.05, 0) is 11.1 Å². The third-order valence-electron chi connectivity index (χ3n) is 2.36. The predicted molar refractivity (Wildman–Crippen MR) is 63.0 cm³/mol. The van der Waals surface area contributed by atoms with E-state index in [-0.39, 0.29) is 18.1 Å². The Labute approximate surface area is 99.8 Å². The molecular formula is C12H12O4S. The highest BCUT2D eigenvalue weighted by Crippen LogP contribution is 2.16. The molecule has 0 atom stereocenters. The summed E-state index contributed by atoms with van der Waals surface area (Å²) < 4.78 is 26.7. The molecule has 90 valence electrons. The van der Waals surface area contributed by atoms with Crippen molar-refractivity contribution in [2.24, 2.45) is 0 Å². The van der Waals surface area contributed by atoms with Crippen molar-refractivity contribution in [2.75, 3.05) is 11.5 Å². The molecule has 0 bridgehead atoms. The molecule has 0 amide bonds. The Morgan fingerprint density at radius 2 is 1.88 bits per heavy atom. The van der Waals surface area contributed by atoms with Gasteiger partial charge >= 0.3 is 5.97 Å². The minimum absolute atomic E-state index is 0.0204. The second-order valence-electron chi connectivity index (χ2n) is 3.93. The molecule has 1 aliphatic rings. The van der Waals surface area contributed by atoms with E-state index in [0.29, 0.717) is 5.57 Å². The number of carbonyl (C=O) groups is 1. The zero-order valence-electron chi connectivity index (χ0n) is 9.13. The van der Waals surface area contributed by atoms with E-state index < -0.39 is 15.8 Å². The van der Waals surface area contributed by atoms with Crippen LogP contribution in [0.2, 0.25) is 0 Å². The lowest BCUT2D eigenvalue weighted by Gasteiger charge is -2.16. The maximum atomic E-state index is 11.3. The molecule has 2 rings (SSSR count). The third-order valence-corrected chi connectivity index (χ3v) is 3.98. The van der Waals surface area contributed by atoms with E-state index in [4.69, 9.17) is 4.74 Å². The SMILES string of the molecule is O=C(C=C1CS(=O)(=O)C1)OCc1ccccc1. The zero-order chi connectivity index (χ0) is 12.3. The highest BCUT2D eigenvalue weighted by atomic mass is 32.2. The smallest absolute Gasteiger partial charge is 0.331 e. The van der Waals surface area contributed by atoms with Crippen molar-refractivity contribution < 1.29 is 17.9 Å². The third kappa shape index (κ3) is 3.42. The van der Waals surface area contributed by atoms with Gasteiger partial charge in [-0.15, -0.1) is 0 Å². The van der Waals surface area contributed by atoms with Gasteiger partial charge in [0, 0.05) is 6.08 Å². The summed E-state index contributed by atoms with van der Waals surface area (Å²) in [6, 6.07) is 9.31. The van der Waals surface area contributed by atoms with Gasteiger partial charge in [-0.2, -0.15) is 0 Å². The van der Waals surface area contributed by atoms with Crippen LogP contribution in [0.15, 0.2) is 42.0 Å². The maximum absolute atomic E-state index is 11.3. The summed E-state index contributed by atoms with van der Waals surface area (Å²) >= 11 is 0. The van der Waals surface area contributed by atoms with E-state index in [9.17, 15) is 13.2 Å². The summed E-state index contributed by atoms with van der Waals surface area (Å²) in [5, 5.41) is 0. The molecule has 1 saturated heterocycles. The Morgan fingerprint density at radius 3 is 2.47 bits per heavy atom. The lowest BCUT2D eigenvalue weighted by atomic mass is 10.2. The first kappa shape index (κ1) is 11.9. The standard InChI is InChI=1S/C12H12O4S/c13-12(6-11-8-17(14,15)9-11)16-7-10-4-2-1-3-5-10/h1-6H,7-9H2. The summed E-state index contributed by atoms with van der Waals surface area (Å²) in [4.78, 5) is 11.3. The van der Waals surface area contributed by atoms with Gasteiger partial charge in [0.1, 0.15) is 6.61 Å². The van der Waals surface area contributed by atoms with Gasteiger partial charge in [-0.3, -0.25) is 0 Å². The predicted octanol–water partition coefficient (Wildman–Crippen LogP) is 1.08. The lowest BCUT2D eigenvalue weighted by molar-refractivity contribution is -0.139. The van der Waals surface area contributed by atoms with E-state index in [0.717, 1.165) is 5.56 Å². The van der Waals surface area contributed by atoms with E-state index in [1.165, 1.54) is 6.08 Å². The largest absolute Gasteiger partial charge is 0.458 e. The van der Waals surface area contributed by atoms with Gasteiger partial charge < -0.3 is 4.74 Å². The first-order valence-electron chi connectivity index (χ1n) is 5.16. The van der Waals surface area contributed by atoms with Gasteiger partial charge in [-0.1, -0.05) is 30.3 Å². The average molecular weight is 252 g/mol. The van der Waals surface area contributed by atoms with Crippen molar-refractivity contribution in [3.8, 4) is 0 Å². The maximum Gasteiger partial charge on any atom is 0.331 e. The van der Waals surface area contributed by atoms with Gasteiger partial charge in [0.05, 0.1) is 11.5 Å². The number of hydrogen-bond donors (Lipinski definition) is 0. The Morgan fingerprint density at radius 1 is 1.24 bits per heavy atom. The van der Waals surface area contributed by atoms with Crippen LogP contribution < -0.4 is 0 Å². The Kier molecular flexibility index (Phi) is 3.28. The fourth-order valence-corrected chi connectivity index (χ4v) is 2.76. The molecular weight excluding hydrogens is 240 g/mol. The molecule has 1 aromatic rings. The zero-order valence-corrected chi connectivity index (χ0v) is 9.94. The van der Waals surface area contributed by atoms with Crippen LogP contribution in [0.25, 0.3) is 0 Å². The van der Waals surface area contributed by atoms with Crippen LogP contribution in [-0.2, 0) is 26.0 Å². The summed E-state index contributed by atoms with van der Waals surface area (Å²) in [6.07, 6.45) is 1.27. The molecule has 4 nitrogen and oxygen atoms in total. The van der Waals surface area contributed by atoms with Crippen molar-refractivity contribution >= 4 is 15.8 Å². The Balaban J connectivity index is 1.83. The Bertz CT molecular complexity index is 529. The fraction of sp³-hybridized carbons (Fsp3) is 0.250. The van der Waals surface area contributed by atoms with Crippen molar-refractivity contribution in [3.05, 3.63) is 47.5 Å². The molecule has 1 heterocycles. The fourth-order valence-electron chi connectivity index (χ4n) is 1.54. The van der Waals surface area contributed by atoms with Gasteiger partial charge in [0.15, 0.2) is 9.84 Å². The van der Waals surface area contributed by atoms with E-state index in [1.807, 2.05) is 30.3 Å². The van der Waals surface area contributed by atoms with Gasteiger partial charge in [0.25, 0.3) is 0 Å². The average Bonchev–Trinajstić information content (AvgIpc) is 2.25. The molecule has 1 fully saturated rings. The molecule has 0 unspecified atom stereocenters. The molecule has 0 aliphatic carbocycles. The van der Waals surface area contributed by atoms with E-state index >= 15 is 0 Å². The number of hydrogen-bond acceptors (Lipinski definition) is 4. The number of esters is 1. The molecule has 0 N–H and O–H groups in total. The number of carbonyl (C=O) groups excluding carboxylic acids is 1. The van der Waals surface area contributed by atoms with Crippen molar-refractivity contribution in [1.29, 1.82) is 0 Å². The van der Waals surface area contributed by atoms with Gasteiger partial charge in [0.2, 0.25) is 0 Å². The molecule has 17 heavy (non-hydrogen) atoms. The van der Waals surface area contributed by atoms with E-state index in [1.54, 1.807) is 0 Å². The van der Waals surface area contributed by atoms with Crippen LogP contribution >= 0.6 is 0 Å². The first-order valence-corrected chi connectivity index (χ1v) is 6.98. The van der Waals surface area contributed by atoms with E-state index in [2.05, 4.69) is 0 Å². The van der Waals surface area contributed by atoms with Crippen molar-refractivity contribution in [1.82, 2.24) is 0 Å². The number of benzene rings is 1. The van der Waals surface area contributed by atoms with Crippen molar-refractivity contribution in [2.45, 2.75) is 6.61 Å². The number of ether oxygens (including phenoxy) is 1. The summed E-state index contributed by atoms with van der Waals surface area (Å²) in [5.74, 6) is -0.528. The highest BCUT2D eigenvalue weighted by Gasteiger charge is 2.27.